The summed E-state index contributed by atoms with van der Waals surface area (Å²) >= 11 is 0. The molecule has 0 aromatic heterocycles. The van der Waals surface area contributed by atoms with Gasteiger partial charge in [0.25, 0.3) is 5.69 Å². The normalized spacial score (nSPS) is 15.0. The number of benzene rings is 2. The maximum Gasteiger partial charge on any atom is 0.340 e. The number of non-ortho nitro benzene ring substituents is 1. The molecule has 0 saturated carbocycles. The van der Waals surface area contributed by atoms with Crippen LogP contribution in [0, 0.1) is 20.2 Å². The summed E-state index contributed by atoms with van der Waals surface area (Å²) < 4.78 is 28.2. The van der Waals surface area contributed by atoms with Crippen molar-refractivity contribution < 1.29 is 22.4 Å². The Morgan fingerprint density at radius 2 is 1.70 bits per heavy atom. The summed E-state index contributed by atoms with van der Waals surface area (Å²) in [6, 6.07) is 4.50. The molecule has 2 aromatic carbocycles. The molecule has 102 valence electrons. The van der Waals surface area contributed by atoms with E-state index in [4.69, 9.17) is 0 Å². The van der Waals surface area contributed by atoms with Crippen LogP contribution in [0.2, 0.25) is 0 Å². The summed E-state index contributed by atoms with van der Waals surface area (Å²) in [7, 11) is -4.18. The molecular weight excluding hydrogens is 292 g/mol. The first-order chi connectivity index (χ1) is 9.33. The number of nitrogens with zero attached hydrogens (tertiary/aromatic N) is 2. The Bertz CT molecular complexity index is 903. The molecule has 0 saturated heterocycles. The van der Waals surface area contributed by atoms with Gasteiger partial charge in [0.15, 0.2) is 0 Å². The standard InChI is InChI=1S/C10H4N2O7S/c13-11(14)6-4-7(12(15)16)10-9-5(6)2-1-3-8(9)20(17,18)19-10/h1-4H. The third kappa shape index (κ3) is 1.45. The number of hydrogen-bond donors (Lipinski definition) is 0. The van der Waals surface area contributed by atoms with Crippen molar-refractivity contribution in [1.29, 1.82) is 0 Å². The summed E-state index contributed by atoms with van der Waals surface area (Å²) in [6.45, 7) is 0. The molecule has 20 heavy (non-hydrogen) atoms. The Kier molecular flexibility index (Phi) is 2.23. The number of hydrogen-bond acceptors (Lipinski definition) is 7. The van der Waals surface area contributed by atoms with Crippen LogP contribution in [0.4, 0.5) is 11.4 Å². The Morgan fingerprint density at radius 3 is 2.30 bits per heavy atom. The van der Waals surface area contributed by atoms with E-state index in [9.17, 15) is 28.6 Å². The zero-order chi connectivity index (χ0) is 14.7. The molecule has 0 bridgehead atoms. The maximum atomic E-state index is 11.8. The summed E-state index contributed by atoms with van der Waals surface area (Å²) in [5.41, 5.74) is -1.30. The van der Waals surface area contributed by atoms with Gasteiger partial charge in [-0.3, -0.25) is 20.2 Å². The van der Waals surface area contributed by atoms with E-state index in [1.807, 2.05) is 0 Å². The average Bonchev–Trinajstić information content (AvgIpc) is 2.63. The fraction of sp³-hybridized carbons (Fsp3) is 0. The van der Waals surface area contributed by atoms with E-state index in [0.717, 1.165) is 0 Å². The Morgan fingerprint density at radius 1 is 1.05 bits per heavy atom. The molecule has 0 amide bonds. The molecule has 9 nitrogen and oxygen atoms in total. The molecule has 1 aliphatic rings. The molecule has 0 spiro atoms. The minimum Gasteiger partial charge on any atom is -0.371 e. The van der Waals surface area contributed by atoms with Gasteiger partial charge >= 0.3 is 15.8 Å². The van der Waals surface area contributed by atoms with Crippen molar-refractivity contribution in [2.24, 2.45) is 0 Å². The lowest BCUT2D eigenvalue weighted by Gasteiger charge is -2.01. The minimum atomic E-state index is -4.18. The Hall–Kier alpha value is -2.75. The molecule has 2 aromatic rings. The van der Waals surface area contributed by atoms with E-state index < -0.39 is 37.1 Å². The third-order valence-electron chi connectivity index (χ3n) is 2.89. The van der Waals surface area contributed by atoms with Crippen molar-refractivity contribution in [2.75, 3.05) is 0 Å². The van der Waals surface area contributed by atoms with Gasteiger partial charge in [0.2, 0.25) is 5.75 Å². The van der Waals surface area contributed by atoms with Crippen LogP contribution in [-0.4, -0.2) is 18.3 Å². The highest BCUT2D eigenvalue weighted by atomic mass is 32.2. The van der Waals surface area contributed by atoms with E-state index in [1.165, 1.54) is 18.2 Å². The highest BCUT2D eigenvalue weighted by Gasteiger charge is 2.39. The molecule has 0 N–H and O–H groups in total. The number of nitro groups is 2. The SMILES string of the molecule is O=[N+]([O-])c1cc([N+](=O)[O-])c2cccc3c2c1OS3(=O)=O. The minimum absolute atomic E-state index is 0.0193. The summed E-state index contributed by atoms with van der Waals surface area (Å²) in [5, 5.41) is 21.8. The zero-order valence-electron chi connectivity index (χ0n) is 9.47. The summed E-state index contributed by atoms with van der Waals surface area (Å²) in [4.78, 5) is 19.9. The fourth-order valence-corrected chi connectivity index (χ4v) is 3.29. The largest absolute Gasteiger partial charge is 0.371 e. The van der Waals surface area contributed by atoms with Crippen LogP contribution in [0.15, 0.2) is 29.2 Å². The summed E-state index contributed by atoms with van der Waals surface area (Å²) in [5.74, 6) is -0.480. The first kappa shape index (κ1) is 12.3. The number of rotatable bonds is 2. The zero-order valence-corrected chi connectivity index (χ0v) is 10.3. The van der Waals surface area contributed by atoms with Crippen molar-refractivity contribution >= 4 is 32.3 Å². The molecule has 0 fully saturated rings. The first-order valence-corrected chi connectivity index (χ1v) is 6.57. The smallest absolute Gasteiger partial charge is 0.340 e. The van der Waals surface area contributed by atoms with E-state index in [1.54, 1.807) is 0 Å². The second-order valence-corrected chi connectivity index (χ2v) is 5.49. The van der Waals surface area contributed by atoms with Gasteiger partial charge in [-0.05, 0) is 12.1 Å². The van der Waals surface area contributed by atoms with Crippen LogP contribution < -0.4 is 4.18 Å². The fourth-order valence-electron chi connectivity index (χ4n) is 2.11. The molecule has 0 atom stereocenters. The van der Waals surface area contributed by atoms with Crippen molar-refractivity contribution in [2.45, 2.75) is 4.90 Å². The molecule has 0 radical (unpaired) electrons. The second-order valence-electron chi connectivity index (χ2n) is 3.97. The Balaban J connectivity index is 2.60. The molecule has 3 rings (SSSR count). The van der Waals surface area contributed by atoms with Crippen LogP contribution in [0.1, 0.15) is 0 Å². The first-order valence-electron chi connectivity index (χ1n) is 5.16. The van der Waals surface area contributed by atoms with Crippen LogP contribution in [0.3, 0.4) is 0 Å². The van der Waals surface area contributed by atoms with E-state index >= 15 is 0 Å². The molecule has 1 aliphatic heterocycles. The average molecular weight is 296 g/mol. The van der Waals surface area contributed by atoms with Gasteiger partial charge in [-0.15, -0.1) is 0 Å². The molecular formula is C10H4N2O7S. The Labute approximate surface area is 110 Å². The molecule has 0 aliphatic carbocycles. The van der Waals surface area contributed by atoms with Crippen LogP contribution in [0.25, 0.3) is 10.8 Å². The molecule has 1 heterocycles. The van der Waals surface area contributed by atoms with Gasteiger partial charge in [0.1, 0.15) is 4.90 Å². The van der Waals surface area contributed by atoms with Crippen molar-refractivity contribution in [3.05, 3.63) is 44.5 Å². The van der Waals surface area contributed by atoms with Crippen molar-refractivity contribution in [3.63, 3.8) is 0 Å². The highest BCUT2D eigenvalue weighted by molar-refractivity contribution is 7.87. The summed E-state index contributed by atoms with van der Waals surface area (Å²) in [6.07, 6.45) is 0. The predicted molar refractivity (Wildman–Crippen MR) is 65.1 cm³/mol. The van der Waals surface area contributed by atoms with E-state index in [2.05, 4.69) is 4.18 Å². The monoisotopic (exact) mass is 296 g/mol. The predicted octanol–water partition coefficient (Wildman–Crippen LogP) is 1.74. The third-order valence-corrected chi connectivity index (χ3v) is 4.16. The number of nitro benzene ring substituents is 2. The topological polar surface area (TPSA) is 130 Å². The van der Waals surface area contributed by atoms with Crippen LogP contribution in [-0.2, 0) is 10.1 Å². The van der Waals surface area contributed by atoms with Gasteiger partial charge < -0.3 is 4.18 Å². The lowest BCUT2D eigenvalue weighted by molar-refractivity contribution is -0.393. The van der Waals surface area contributed by atoms with Crippen molar-refractivity contribution in [3.8, 4) is 5.75 Å². The van der Waals surface area contributed by atoms with Gasteiger partial charge in [0.05, 0.1) is 26.7 Å². The van der Waals surface area contributed by atoms with Gasteiger partial charge in [-0.25, -0.2) is 0 Å². The van der Waals surface area contributed by atoms with Gasteiger partial charge in [-0.2, -0.15) is 8.42 Å². The van der Waals surface area contributed by atoms with Gasteiger partial charge in [-0.1, -0.05) is 6.07 Å². The van der Waals surface area contributed by atoms with Crippen molar-refractivity contribution in [1.82, 2.24) is 0 Å². The lowest BCUT2D eigenvalue weighted by Crippen LogP contribution is -2.03. The quantitative estimate of drug-likeness (QED) is 0.468. The van der Waals surface area contributed by atoms with E-state index in [0.29, 0.717) is 6.07 Å². The van der Waals surface area contributed by atoms with E-state index in [-0.39, 0.29) is 15.7 Å². The van der Waals surface area contributed by atoms with Crippen LogP contribution in [0.5, 0.6) is 5.75 Å². The second kappa shape index (κ2) is 3.63. The lowest BCUT2D eigenvalue weighted by atomic mass is 10.1. The molecule has 0 unspecified atom stereocenters. The molecule has 10 heteroatoms. The van der Waals surface area contributed by atoms with Crippen LogP contribution >= 0.6 is 0 Å². The van der Waals surface area contributed by atoms with Gasteiger partial charge in [0, 0.05) is 0 Å². The maximum absolute atomic E-state index is 11.8. The highest BCUT2D eigenvalue weighted by Crippen LogP contribution is 2.48.